The normalized spacial score (nSPS) is 12.9. The van der Waals surface area contributed by atoms with E-state index in [4.69, 9.17) is 0 Å². The van der Waals surface area contributed by atoms with E-state index < -0.39 is 0 Å². The largest absolute Gasteiger partial charge is 0.396 e. The molecule has 0 spiro atoms. The smallest absolute Gasteiger partial charge is 0.0497 e. The lowest BCUT2D eigenvalue weighted by atomic mass is 9.89. The van der Waals surface area contributed by atoms with E-state index in [9.17, 15) is 5.11 Å². The van der Waals surface area contributed by atoms with Crippen molar-refractivity contribution in [2.45, 2.75) is 39.5 Å². The zero-order valence-electron chi connectivity index (χ0n) is 9.38. The number of benzene rings is 1. The van der Waals surface area contributed by atoms with Crippen LogP contribution in [0.2, 0.25) is 0 Å². The molecule has 0 aliphatic carbocycles. The maximum Gasteiger partial charge on any atom is 0.0497 e. The van der Waals surface area contributed by atoms with Gasteiger partial charge in [-0.25, -0.2) is 0 Å². The number of rotatable bonds is 4. The van der Waals surface area contributed by atoms with Gasteiger partial charge < -0.3 is 5.11 Å². The summed E-state index contributed by atoms with van der Waals surface area (Å²) in [6.45, 7) is 6.67. The Kier molecular flexibility index (Phi) is 4.15. The van der Waals surface area contributed by atoms with Crippen LogP contribution in [-0.2, 0) is 12.8 Å². The van der Waals surface area contributed by atoms with Gasteiger partial charge in [-0.15, -0.1) is 0 Å². The van der Waals surface area contributed by atoms with E-state index in [1.807, 2.05) is 0 Å². The SMILES string of the molecule is CCc1cccc(CC)c1C(C)CO. The van der Waals surface area contributed by atoms with E-state index in [-0.39, 0.29) is 12.5 Å². The van der Waals surface area contributed by atoms with Crippen LogP contribution in [0.15, 0.2) is 18.2 Å². The van der Waals surface area contributed by atoms with Crippen LogP contribution in [0.3, 0.4) is 0 Å². The van der Waals surface area contributed by atoms with Gasteiger partial charge in [0.15, 0.2) is 0 Å². The van der Waals surface area contributed by atoms with E-state index in [0.717, 1.165) is 12.8 Å². The summed E-state index contributed by atoms with van der Waals surface area (Å²) >= 11 is 0. The number of aryl methyl sites for hydroxylation is 2. The summed E-state index contributed by atoms with van der Waals surface area (Å²) in [6.07, 6.45) is 2.10. The highest BCUT2D eigenvalue weighted by Gasteiger charge is 2.12. The first-order valence-electron chi connectivity index (χ1n) is 5.46. The van der Waals surface area contributed by atoms with Gasteiger partial charge in [-0.1, -0.05) is 39.0 Å². The number of hydrogen-bond acceptors (Lipinski definition) is 1. The molecule has 0 saturated carbocycles. The second-order valence-electron chi connectivity index (χ2n) is 3.78. The first-order valence-corrected chi connectivity index (χ1v) is 5.46. The molecule has 1 nitrogen and oxygen atoms in total. The van der Waals surface area contributed by atoms with Crippen LogP contribution in [0.1, 0.15) is 43.4 Å². The van der Waals surface area contributed by atoms with E-state index in [0.29, 0.717) is 0 Å². The van der Waals surface area contributed by atoms with Crippen LogP contribution >= 0.6 is 0 Å². The lowest BCUT2D eigenvalue weighted by Gasteiger charge is -2.17. The molecule has 78 valence electrons. The van der Waals surface area contributed by atoms with Crippen molar-refractivity contribution in [3.8, 4) is 0 Å². The third kappa shape index (κ3) is 2.16. The van der Waals surface area contributed by atoms with Crippen molar-refractivity contribution in [1.29, 1.82) is 0 Å². The zero-order chi connectivity index (χ0) is 10.6. The molecule has 0 saturated heterocycles. The monoisotopic (exact) mass is 192 g/mol. The molecule has 1 unspecified atom stereocenters. The average Bonchev–Trinajstić information content (AvgIpc) is 2.26. The molecule has 0 radical (unpaired) electrons. The summed E-state index contributed by atoms with van der Waals surface area (Å²) in [7, 11) is 0. The van der Waals surface area contributed by atoms with Crippen molar-refractivity contribution in [1.82, 2.24) is 0 Å². The third-order valence-electron chi connectivity index (χ3n) is 2.82. The second kappa shape index (κ2) is 5.16. The highest BCUT2D eigenvalue weighted by atomic mass is 16.3. The molecule has 1 heteroatoms. The summed E-state index contributed by atoms with van der Waals surface area (Å²) < 4.78 is 0. The summed E-state index contributed by atoms with van der Waals surface area (Å²) in [5.74, 6) is 0.265. The molecule has 0 fully saturated rings. The van der Waals surface area contributed by atoms with E-state index >= 15 is 0 Å². The summed E-state index contributed by atoms with van der Waals surface area (Å²) in [5.41, 5.74) is 4.12. The van der Waals surface area contributed by atoms with Gasteiger partial charge in [-0.3, -0.25) is 0 Å². The summed E-state index contributed by atoms with van der Waals surface area (Å²) in [6, 6.07) is 6.45. The Bertz CT molecular complexity index is 269. The minimum absolute atomic E-state index is 0.240. The van der Waals surface area contributed by atoms with Gasteiger partial charge in [-0.05, 0) is 29.5 Å². The van der Waals surface area contributed by atoms with Crippen LogP contribution in [-0.4, -0.2) is 11.7 Å². The van der Waals surface area contributed by atoms with Crippen LogP contribution < -0.4 is 0 Å². The number of aliphatic hydroxyl groups is 1. The Labute approximate surface area is 86.8 Å². The molecule has 1 atom stereocenters. The number of aliphatic hydroxyl groups excluding tert-OH is 1. The Hall–Kier alpha value is -0.820. The zero-order valence-corrected chi connectivity index (χ0v) is 9.38. The second-order valence-corrected chi connectivity index (χ2v) is 3.78. The first kappa shape index (κ1) is 11.3. The fourth-order valence-electron chi connectivity index (χ4n) is 2.01. The molecule has 1 N–H and O–H groups in total. The Morgan fingerprint density at radius 2 is 1.64 bits per heavy atom. The van der Waals surface area contributed by atoms with E-state index in [2.05, 4.69) is 39.0 Å². The molecule has 0 heterocycles. The first-order chi connectivity index (χ1) is 6.74. The fraction of sp³-hybridized carbons (Fsp3) is 0.538. The predicted octanol–water partition coefficient (Wildman–Crippen LogP) is 2.91. The maximum absolute atomic E-state index is 9.23. The molecule has 0 aliphatic rings. The lowest BCUT2D eigenvalue weighted by molar-refractivity contribution is 0.272. The Balaban J connectivity index is 3.18. The van der Waals surface area contributed by atoms with Gasteiger partial charge in [0, 0.05) is 12.5 Å². The topological polar surface area (TPSA) is 20.2 Å². The Morgan fingerprint density at radius 3 is 2.00 bits per heavy atom. The Morgan fingerprint density at radius 1 is 1.14 bits per heavy atom. The van der Waals surface area contributed by atoms with Gasteiger partial charge >= 0.3 is 0 Å². The van der Waals surface area contributed by atoms with Gasteiger partial charge in [0.05, 0.1) is 0 Å². The number of hydrogen-bond donors (Lipinski definition) is 1. The minimum atomic E-state index is 0.240. The molecule has 0 aliphatic heterocycles. The summed E-state index contributed by atoms with van der Waals surface area (Å²) in [5, 5.41) is 9.23. The van der Waals surface area contributed by atoms with Crippen LogP contribution in [0.4, 0.5) is 0 Å². The summed E-state index contributed by atoms with van der Waals surface area (Å²) in [4.78, 5) is 0. The standard InChI is InChI=1S/C13H20O/c1-4-11-7-6-8-12(5-2)13(11)10(3)9-14/h6-8,10,14H,4-5,9H2,1-3H3. The van der Waals surface area contributed by atoms with Crippen molar-refractivity contribution < 1.29 is 5.11 Å². The van der Waals surface area contributed by atoms with Crippen molar-refractivity contribution in [3.05, 3.63) is 34.9 Å². The van der Waals surface area contributed by atoms with Crippen molar-refractivity contribution in [2.75, 3.05) is 6.61 Å². The van der Waals surface area contributed by atoms with Crippen molar-refractivity contribution >= 4 is 0 Å². The fourth-order valence-corrected chi connectivity index (χ4v) is 2.01. The van der Waals surface area contributed by atoms with Crippen molar-refractivity contribution in [2.24, 2.45) is 0 Å². The van der Waals surface area contributed by atoms with Gasteiger partial charge in [-0.2, -0.15) is 0 Å². The van der Waals surface area contributed by atoms with Gasteiger partial charge in [0.25, 0.3) is 0 Å². The minimum Gasteiger partial charge on any atom is -0.396 e. The average molecular weight is 192 g/mol. The molecular weight excluding hydrogens is 172 g/mol. The molecule has 14 heavy (non-hydrogen) atoms. The van der Waals surface area contributed by atoms with Crippen LogP contribution in [0, 0.1) is 0 Å². The van der Waals surface area contributed by atoms with Crippen LogP contribution in [0.5, 0.6) is 0 Å². The highest BCUT2D eigenvalue weighted by molar-refractivity contribution is 5.38. The molecule has 0 amide bonds. The molecule has 1 aromatic rings. The van der Waals surface area contributed by atoms with Crippen molar-refractivity contribution in [3.63, 3.8) is 0 Å². The van der Waals surface area contributed by atoms with Gasteiger partial charge in [0.2, 0.25) is 0 Å². The highest BCUT2D eigenvalue weighted by Crippen LogP contribution is 2.24. The van der Waals surface area contributed by atoms with Gasteiger partial charge in [0.1, 0.15) is 0 Å². The molecule has 1 rings (SSSR count). The quantitative estimate of drug-likeness (QED) is 0.777. The predicted molar refractivity (Wildman–Crippen MR) is 60.7 cm³/mol. The van der Waals surface area contributed by atoms with E-state index in [1.165, 1.54) is 16.7 Å². The molecule has 1 aromatic carbocycles. The molecule has 0 aromatic heterocycles. The van der Waals surface area contributed by atoms with E-state index in [1.54, 1.807) is 0 Å². The maximum atomic E-state index is 9.23. The lowest BCUT2D eigenvalue weighted by Crippen LogP contribution is -2.06. The van der Waals surface area contributed by atoms with Crippen LogP contribution in [0.25, 0.3) is 0 Å². The molecule has 0 bridgehead atoms. The molecular formula is C13H20O. The third-order valence-corrected chi connectivity index (χ3v) is 2.82.